The van der Waals surface area contributed by atoms with Crippen LogP contribution in [0.5, 0.6) is 0 Å². The molecule has 0 aliphatic rings. The minimum atomic E-state index is -0.574. The van der Waals surface area contributed by atoms with Crippen LogP contribution >= 0.6 is 0 Å². The molecule has 1 aromatic heterocycles. The number of furan rings is 1. The van der Waals surface area contributed by atoms with Crippen LogP contribution in [0.4, 0.5) is 5.69 Å². The predicted molar refractivity (Wildman–Crippen MR) is 112 cm³/mol. The summed E-state index contributed by atoms with van der Waals surface area (Å²) in [5, 5.41) is 10.7. The highest BCUT2D eigenvalue weighted by molar-refractivity contribution is 5.87. The first-order valence-electron chi connectivity index (χ1n) is 9.26. The third-order valence-corrected chi connectivity index (χ3v) is 4.60. The van der Waals surface area contributed by atoms with E-state index in [0.717, 1.165) is 16.7 Å². The van der Waals surface area contributed by atoms with Crippen molar-refractivity contribution in [1.82, 2.24) is 0 Å². The molecule has 0 aliphatic heterocycles. The monoisotopic (exact) mass is 399 g/mol. The van der Waals surface area contributed by atoms with E-state index in [2.05, 4.69) is 0 Å². The van der Waals surface area contributed by atoms with Gasteiger partial charge in [-0.3, -0.25) is 10.1 Å². The van der Waals surface area contributed by atoms with E-state index in [9.17, 15) is 14.9 Å². The van der Waals surface area contributed by atoms with Gasteiger partial charge in [-0.05, 0) is 41.0 Å². The highest BCUT2D eigenvalue weighted by Crippen LogP contribution is 2.25. The Labute approximate surface area is 172 Å². The first kappa shape index (κ1) is 19.1. The van der Waals surface area contributed by atoms with Crippen LogP contribution in [0.3, 0.4) is 0 Å². The standard InChI is InChI=1S/C24H17NO5/c26-24(23-15-14-22(30-23)20-10-12-21(13-11-20)25(27)28)29-16-17-6-8-19(9-7-17)18-4-2-1-3-5-18/h1-15H,16H2. The number of ether oxygens (including phenoxy) is 1. The quantitative estimate of drug-likeness (QED) is 0.230. The smallest absolute Gasteiger partial charge is 0.374 e. The first-order chi connectivity index (χ1) is 14.6. The summed E-state index contributed by atoms with van der Waals surface area (Å²) in [4.78, 5) is 22.6. The summed E-state index contributed by atoms with van der Waals surface area (Å²) in [5.41, 5.74) is 3.70. The van der Waals surface area contributed by atoms with Gasteiger partial charge in [0.05, 0.1) is 4.92 Å². The number of carbonyl (C=O) groups is 1. The van der Waals surface area contributed by atoms with E-state index in [1.54, 1.807) is 18.2 Å². The average molecular weight is 399 g/mol. The predicted octanol–water partition coefficient (Wildman–Crippen LogP) is 5.88. The molecule has 0 aliphatic carbocycles. The third-order valence-electron chi connectivity index (χ3n) is 4.60. The molecule has 0 fully saturated rings. The molecule has 30 heavy (non-hydrogen) atoms. The second-order valence-corrected chi connectivity index (χ2v) is 6.61. The van der Waals surface area contributed by atoms with E-state index in [4.69, 9.17) is 9.15 Å². The van der Waals surface area contributed by atoms with Gasteiger partial charge in [-0.2, -0.15) is 0 Å². The number of nitro benzene ring substituents is 1. The number of nitro groups is 1. The average Bonchev–Trinajstić information content (AvgIpc) is 3.29. The summed E-state index contributed by atoms with van der Waals surface area (Å²) < 4.78 is 10.9. The minimum Gasteiger partial charge on any atom is -0.455 e. The van der Waals surface area contributed by atoms with Crippen LogP contribution in [0.2, 0.25) is 0 Å². The Morgan fingerprint density at radius 3 is 2.10 bits per heavy atom. The van der Waals surface area contributed by atoms with E-state index in [1.807, 2.05) is 54.6 Å². The summed E-state index contributed by atoms with van der Waals surface area (Å²) in [7, 11) is 0. The molecule has 0 N–H and O–H groups in total. The number of rotatable bonds is 6. The van der Waals surface area contributed by atoms with E-state index >= 15 is 0 Å². The zero-order valence-corrected chi connectivity index (χ0v) is 15.9. The van der Waals surface area contributed by atoms with Gasteiger partial charge in [0, 0.05) is 17.7 Å². The topological polar surface area (TPSA) is 82.6 Å². The van der Waals surface area contributed by atoms with Gasteiger partial charge in [0.1, 0.15) is 12.4 Å². The highest BCUT2D eigenvalue weighted by atomic mass is 16.6. The summed E-state index contributed by atoms with van der Waals surface area (Å²) in [6, 6.07) is 26.9. The zero-order valence-electron chi connectivity index (χ0n) is 15.9. The van der Waals surface area contributed by atoms with Crippen molar-refractivity contribution in [2.75, 3.05) is 0 Å². The summed E-state index contributed by atoms with van der Waals surface area (Å²) in [5.74, 6) is -0.0661. The fourth-order valence-electron chi connectivity index (χ4n) is 2.99. The lowest BCUT2D eigenvalue weighted by atomic mass is 10.0. The molecule has 4 aromatic rings. The number of benzene rings is 3. The molecular formula is C24H17NO5. The van der Waals surface area contributed by atoms with Crippen LogP contribution < -0.4 is 0 Å². The molecule has 6 nitrogen and oxygen atoms in total. The van der Waals surface area contributed by atoms with Crippen molar-refractivity contribution in [3.8, 4) is 22.5 Å². The molecule has 0 saturated carbocycles. The molecule has 0 atom stereocenters. The van der Waals surface area contributed by atoms with Gasteiger partial charge in [-0.15, -0.1) is 0 Å². The largest absolute Gasteiger partial charge is 0.455 e. The van der Waals surface area contributed by atoms with Crippen LogP contribution in [-0.4, -0.2) is 10.9 Å². The SMILES string of the molecule is O=C(OCc1ccc(-c2ccccc2)cc1)c1ccc(-c2ccc([N+](=O)[O-])cc2)o1. The molecule has 1 heterocycles. The molecule has 0 radical (unpaired) electrons. The van der Waals surface area contributed by atoms with Crippen molar-refractivity contribution >= 4 is 11.7 Å². The molecule has 0 spiro atoms. The maximum atomic E-state index is 12.3. The van der Waals surface area contributed by atoms with Crippen LogP contribution in [0.1, 0.15) is 16.1 Å². The molecular weight excluding hydrogens is 382 g/mol. The van der Waals surface area contributed by atoms with Crippen LogP contribution in [0.15, 0.2) is 95.4 Å². The normalized spacial score (nSPS) is 10.5. The molecule has 0 amide bonds. The number of carbonyl (C=O) groups excluding carboxylic acids is 1. The minimum absolute atomic E-state index is 0.0109. The summed E-state index contributed by atoms with van der Waals surface area (Å²) >= 11 is 0. The Bertz CT molecular complexity index is 1160. The van der Waals surface area contributed by atoms with Crippen LogP contribution in [-0.2, 0) is 11.3 Å². The van der Waals surface area contributed by atoms with Crippen molar-refractivity contribution in [2.45, 2.75) is 6.61 Å². The molecule has 0 saturated heterocycles. The van der Waals surface area contributed by atoms with Crippen molar-refractivity contribution in [2.24, 2.45) is 0 Å². The van der Waals surface area contributed by atoms with Crippen LogP contribution in [0, 0.1) is 10.1 Å². The van der Waals surface area contributed by atoms with Crippen molar-refractivity contribution in [3.63, 3.8) is 0 Å². The first-order valence-corrected chi connectivity index (χ1v) is 9.26. The van der Waals surface area contributed by atoms with Crippen molar-refractivity contribution in [1.29, 1.82) is 0 Å². The van der Waals surface area contributed by atoms with Gasteiger partial charge in [0.2, 0.25) is 5.76 Å². The van der Waals surface area contributed by atoms with Crippen molar-refractivity contribution in [3.05, 3.63) is 112 Å². The van der Waals surface area contributed by atoms with E-state index in [0.29, 0.717) is 11.3 Å². The highest BCUT2D eigenvalue weighted by Gasteiger charge is 2.15. The van der Waals surface area contributed by atoms with Crippen molar-refractivity contribution < 1.29 is 18.9 Å². The number of esters is 1. The maximum absolute atomic E-state index is 12.3. The number of hydrogen-bond acceptors (Lipinski definition) is 5. The number of hydrogen-bond donors (Lipinski definition) is 0. The van der Waals surface area contributed by atoms with Gasteiger partial charge < -0.3 is 9.15 Å². The Morgan fingerprint density at radius 2 is 1.43 bits per heavy atom. The second kappa shape index (κ2) is 8.45. The van der Waals surface area contributed by atoms with Gasteiger partial charge in [0.25, 0.3) is 5.69 Å². The lowest BCUT2D eigenvalue weighted by Gasteiger charge is -2.05. The number of non-ortho nitro benzene ring substituents is 1. The molecule has 0 unspecified atom stereocenters. The van der Waals surface area contributed by atoms with Gasteiger partial charge >= 0.3 is 5.97 Å². The molecule has 0 bridgehead atoms. The van der Waals surface area contributed by atoms with Gasteiger partial charge in [0.15, 0.2) is 0 Å². The third kappa shape index (κ3) is 4.28. The summed E-state index contributed by atoms with van der Waals surface area (Å²) in [6.45, 7) is 0.126. The second-order valence-electron chi connectivity index (χ2n) is 6.61. The van der Waals surface area contributed by atoms with E-state index in [-0.39, 0.29) is 18.1 Å². The van der Waals surface area contributed by atoms with Gasteiger partial charge in [-0.25, -0.2) is 4.79 Å². The lowest BCUT2D eigenvalue weighted by Crippen LogP contribution is -2.03. The molecule has 6 heteroatoms. The zero-order chi connectivity index (χ0) is 20.9. The molecule has 3 aromatic carbocycles. The molecule has 4 rings (SSSR count). The lowest BCUT2D eigenvalue weighted by molar-refractivity contribution is -0.384. The maximum Gasteiger partial charge on any atom is 0.374 e. The van der Waals surface area contributed by atoms with Crippen LogP contribution in [0.25, 0.3) is 22.5 Å². The molecule has 148 valence electrons. The van der Waals surface area contributed by atoms with Gasteiger partial charge in [-0.1, -0.05) is 54.6 Å². The fraction of sp³-hybridized carbons (Fsp3) is 0.0417. The van der Waals surface area contributed by atoms with E-state index < -0.39 is 10.9 Å². The Balaban J connectivity index is 1.38. The Kier molecular flexibility index (Phi) is 5.39. The van der Waals surface area contributed by atoms with E-state index in [1.165, 1.54) is 18.2 Å². The number of nitrogens with zero attached hydrogens (tertiary/aromatic N) is 1. The fourth-order valence-corrected chi connectivity index (χ4v) is 2.99. The Hall–Kier alpha value is -4.19. The Morgan fingerprint density at radius 1 is 0.800 bits per heavy atom. The summed E-state index contributed by atoms with van der Waals surface area (Å²) in [6.07, 6.45) is 0.